The van der Waals surface area contributed by atoms with Gasteiger partial charge in [0.05, 0.1) is 12.1 Å². The van der Waals surface area contributed by atoms with Gasteiger partial charge in [-0.3, -0.25) is 4.79 Å². The van der Waals surface area contributed by atoms with Gasteiger partial charge in [0.25, 0.3) is 0 Å². The summed E-state index contributed by atoms with van der Waals surface area (Å²) in [5.74, 6) is 1.91. The van der Waals surface area contributed by atoms with Crippen molar-refractivity contribution in [1.82, 2.24) is 24.4 Å². The highest BCUT2D eigenvalue weighted by Crippen LogP contribution is 2.42. The van der Waals surface area contributed by atoms with E-state index in [9.17, 15) is 4.79 Å². The fourth-order valence-corrected chi connectivity index (χ4v) is 4.86. The quantitative estimate of drug-likeness (QED) is 0.713. The first-order valence-electron chi connectivity index (χ1n) is 9.63. The third-order valence-corrected chi connectivity index (χ3v) is 6.07. The predicted molar refractivity (Wildman–Crippen MR) is 98.3 cm³/mol. The van der Waals surface area contributed by atoms with Crippen LogP contribution in [0.15, 0.2) is 29.0 Å². The lowest BCUT2D eigenvalue weighted by molar-refractivity contribution is -0.135. The van der Waals surface area contributed by atoms with Crippen LogP contribution >= 0.6 is 0 Å². The maximum atomic E-state index is 13.1. The molecule has 0 saturated carbocycles. The molecule has 3 aromatic rings. The minimum absolute atomic E-state index is 0.202. The molecule has 0 radical (unpaired) electrons. The Kier molecular flexibility index (Phi) is 3.77. The minimum atomic E-state index is 0.202. The second kappa shape index (κ2) is 6.18. The summed E-state index contributed by atoms with van der Waals surface area (Å²) in [5, 5.41) is 4.11. The zero-order chi connectivity index (χ0) is 18.5. The number of amides is 1. The molecule has 1 amide bonds. The smallest absolute Gasteiger partial charge is 0.229 e. The van der Waals surface area contributed by atoms with Crippen molar-refractivity contribution in [3.8, 4) is 0 Å². The molecule has 2 bridgehead atoms. The molecule has 0 aromatic carbocycles. The van der Waals surface area contributed by atoms with E-state index in [1.165, 1.54) is 0 Å². The van der Waals surface area contributed by atoms with Gasteiger partial charge in [0.2, 0.25) is 11.8 Å². The Morgan fingerprint density at radius 1 is 1.26 bits per heavy atom. The van der Waals surface area contributed by atoms with Gasteiger partial charge in [-0.25, -0.2) is 4.98 Å². The average molecular weight is 365 g/mol. The summed E-state index contributed by atoms with van der Waals surface area (Å²) < 4.78 is 7.18. The van der Waals surface area contributed by atoms with Crippen LogP contribution in [0.4, 0.5) is 0 Å². The van der Waals surface area contributed by atoms with E-state index in [2.05, 4.69) is 20.0 Å². The van der Waals surface area contributed by atoms with Crippen LogP contribution in [-0.2, 0) is 11.2 Å². The molecule has 5 heterocycles. The second-order valence-electron chi connectivity index (χ2n) is 7.84. The number of fused-ring (bicyclic) bond motifs is 3. The highest BCUT2D eigenvalue weighted by molar-refractivity contribution is 5.80. The Hall–Kier alpha value is -2.70. The molecule has 2 atom stereocenters. The molecule has 2 unspecified atom stereocenters. The zero-order valence-corrected chi connectivity index (χ0v) is 15.6. The topological polar surface area (TPSA) is 76.5 Å². The molecular formula is C20H23N5O2. The second-order valence-corrected chi connectivity index (χ2v) is 7.84. The summed E-state index contributed by atoms with van der Waals surface area (Å²) >= 11 is 0. The van der Waals surface area contributed by atoms with Crippen molar-refractivity contribution in [3.63, 3.8) is 0 Å². The molecule has 5 rings (SSSR count). The van der Waals surface area contributed by atoms with Gasteiger partial charge in [0.15, 0.2) is 5.82 Å². The Balaban J connectivity index is 1.34. The van der Waals surface area contributed by atoms with E-state index >= 15 is 0 Å². The number of aromatic nitrogens is 4. The van der Waals surface area contributed by atoms with Gasteiger partial charge in [0.1, 0.15) is 5.65 Å². The molecule has 0 N–H and O–H groups in total. The summed E-state index contributed by atoms with van der Waals surface area (Å²) in [7, 11) is 0. The highest BCUT2D eigenvalue weighted by atomic mass is 16.5. The number of hydrogen-bond acceptors (Lipinski definition) is 5. The van der Waals surface area contributed by atoms with E-state index in [0.717, 1.165) is 48.4 Å². The van der Waals surface area contributed by atoms with Gasteiger partial charge in [0, 0.05) is 37.3 Å². The van der Waals surface area contributed by atoms with Crippen LogP contribution in [0.5, 0.6) is 0 Å². The lowest BCUT2D eigenvalue weighted by Gasteiger charge is -2.38. The van der Waals surface area contributed by atoms with E-state index in [1.54, 1.807) is 0 Å². The molecule has 7 heteroatoms. The molecule has 3 aromatic heterocycles. The standard InChI is InChI=1S/C20H23N5O2/c1-12-4-3-7-24-17(11-21-20(12)24)10-18(26)25-15-5-6-16(25)9-14(8-15)19-22-13(2)27-23-19/h3-4,7,11,14-16H,5-6,8-10H2,1-2H3. The number of piperidine rings is 1. The molecule has 2 aliphatic heterocycles. The molecule has 140 valence electrons. The van der Waals surface area contributed by atoms with Crippen molar-refractivity contribution in [1.29, 1.82) is 0 Å². The maximum Gasteiger partial charge on any atom is 0.229 e. The van der Waals surface area contributed by atoms with Crippen molar-refractivity contribution in [2.75, 3.05) is 0 Å². The van der Waals surface area contributed by atoms with Gasteiger partial charge in [-0.2, -0.15) is 4.98 Å². The van der Waals surface area contributed by atoms with Crippen LogP contribution in [0.3, 0.4) is 0 Å². The van der Waals surface area contributed by atoms with Gasteiger partial charge in [-0.1, -0.05) is 11.2 Å². The molecule has 7 nitrogen and oxygen atoms in total. The van der Waals surface area contributed by atoms with Crippen LogP contribution in [0.25, 0.3) is 5.65 Å². The van der Waals surface area contributed by atoms with Gasteiger partial charge >= 0.3 is 0 Å². The lowest BCUT2D eigenvalue weighted by Crippen LogP contribution is -2.46. The first kappa shape index (κ1) is 16.5. The van der Waals surface area contributed by atoms with E-state index in [4.69, 9.17) is 4.52 Å². The highest BCUT2D eigenvalue weighted by Gasteiger charge is 2.44. The molecular weight excluding hydrogens is 342 g/mol. The number of pyridine rings is 1. The molecule has 27 heavy (non-hydrogen) atoms. The number of hydrogen-bond donors (Lipinski definition) is 0. The SMILES string of the molecule is Cc1nc(C2CC3CCC(C2)N3C(=O)Cc2cnc3c(C)cccn23)no1. The maximum absolute atomic E-state index is 13.1. The summed E-state index contributed by atoms with van der Waals surface area (Å²) in [6.45, 7) is 3.86. The number of carbonyl (C=O) groups is 1. The van der Waals surface area contributed by atoms with Crippen LogP contribution in [0.1, 0.15) is 54.6 Å². The van der Waals surface area contributed by atoms with Crippen molar-refractivity contribution in [2.45, 2.75) is 64.0 Å². The fourth-order valence-electron chi connectivity index (χ4n) is 4.86. The molecule has 0 spiro atoms. The normalized spacial score (nSPS) is 24.7. The fraction of sp³-hybridized carbons (Fsp3) is 0.500. The monoisotopic (exact) mass is 365 g/mol. The third-order valence-electron chi connectivity index (χ3n) is 6.07. The van der Waals surface area contributed by atoms with Crippen LogP contribution in [0.2, 0.25) is 0 Å². The van der Waals surface area contributed by atoms with Crippen molar-refractivity contribution >= 4 is 11.6 Å². The van der Waals surface area contributed by atoms with E-state index in [0.29, 0.717) is 18.2 Å². The van der Waals surface area contributed by atoms with Gasteiger partial charge < -0.3 is 13.8 Å². The first-order valence-corrected chi connectivity index (χ1v) is 9.63. The average Bonchev–Trinajstić information content (AvgIpc) is 3.33. The van der Waals surface area contributed by atoms with Crippen molar-refractivity contribution in [2.24, 2.45) is 0 Å². The van der Waals surface area contributed by atoms with Crippen LogP contribution < -0.4 is 0 Å². The van der Waals surface area contributed by atoms with E-state index in [-0.39, 0.29) is 18.0 Å². The number of carbonyl (C=O) groups excluding carboxylic acids is 1. The number of aryl methyl sites for hydroxylation is 2. The minimum Gasteiger partial charge on any atom is -0.340 e. The number of rotatable bonds is 3. The largest absolute Gasteiger partial charge is 0.340 e. The zero-order valence-electron chi connectivity index (χ0n) is 15.6. The number of nitrogens with zero attached hydrogens (tertiary/aromatic N) is 5. The molecule has 2 fully saturated rings. The Bertz CT molecular complexity index is 993. The van der Waals surface area contributed by atoms with Crippen molar-refractivity contribution < 1.29 is 9.32 Å². The van der Waals surface area contributed by atoms with Crippen LogP contribution in [0, 0.1) is 13.8 Å². The summed E-state index contributed by atoms with van der Waals surface area (Å²) in [6.07, 6.45) is 8.19. The van der Waals surface area contributed by atoms with Crippen molar-refractivity contribution in [3.05, 3.63) is 47.5 Å². The van der Waals surface area contributed by atoms with Gasteiger partial charge in [-0.05, 0) is 44.2 Å². The third kappa shape index (κ3) is 2.72. The Morgan fingerprint density at radius 3 is 2.74 bits per heavy atom. The Morgan fingerprint density at radius 2 is 2.04 bits per heavy atom. The summed E-state index contributed by atoms with van der Waals surface area (Å²) in [4.78, 5) is 24.2. The first-order chi connectivity index (χ1) is 13.1. The molecule has 2 aliphatic rings. The lowest BCUT2D eigenvalue weighted by atomic mass is 9.89. The predicted octanol–water partition coefficient (Wildman–Crippen LogP) is 2.81. The summed E-state index contributed by atoms with van der Waals surface area (Å²) in [6, 6.07) is 4.60. The number of imidazole rings is 1. The molecule has 2 saturated heterocycles. The molecule has 0 aliphatic carbocycles. The van der Waals surface area contributed by atoms with Crippen LogP contribution in [-0.4, -0.2) is 42.4 Å². The van der Waals surface area contributed by atoms with E-state index in [1.807, 2.05) is 42.8 Å². The van der Waals surface area contributed by atoms with Gasteiger partial charge in [-0.15, -0.1) is 0 Å². The van der Waals surface area contributed by atoms with E-state index < -0.39 is 0 Å². The summed E-state index contributed by atoms with van der Waals surface area (Å²) in [5.41, 5.74) is 3.00. The Labute approximate surface area is 157 Å².